The van der Waals surface area contributed by atoms with Crippen molar-refractivity contribution in [3.63, 3.8) is 0 Å². The van der Waals surface area contributed by atoms with Crippen LogP contribution < -0.4 is 5.73 Å². The summed E-state index contributed by atoms with van der Waals surface area (Å²) in [5.74, 6) is 2.08. The van der Waals surface area contributed by atoms with E-state index in [1.165, 1.54) is 19.3 Å². The van der Waals surface area contributed by atoms with Gasteiger partial charge >= 0.3 is 0 Å². The minimum atomic E-state index is 0.376. The highest BCUT2D eigenvalue weighted by atomic mass is 35.5. The first-order chi connectivity index (χ1) is 11.2. The molecule has 1 saturated carbocycles. The molecule has 1 saturated heterocycles. The number of rotatable bonds is 3. The Morgan fingerprint density at radius 3 is 2.83 bits per heavy atom. The van der Waals surface area contributed by atoms with Gasteiger partial charge in [-0.3, -0.25) is 4.90 Å². The highest BCUT2D eigenvalue weighted by Crippen LogP contribution is 2.36. The van der Waals surface area contributed by atoms with Gasteiger partial charge in [0.1, 0.15) is 6.26 Å². The molecule has 2 fully saturated rings. The largest absolute Gasteiger partial charge is 0.444 e. The van der Waals surface area contributed by atoms with Gasteiger partial charge in [-0.1, -0.05) is 18.0 Å². The van der Waals surface area contributed by atoms with Crippen LogP contribution in [-0.2, 0) is 6.54 Å². The maximum atomic E-state index is 6.30. The maximum absolute atomic E-state index is 6.30. The summed E-state index contributed by atoms with van der Waals surface area (Å²) in [5.41, 5.74) is 8.24. The molecule has 5 heteroatoms. The Morgan fingerprint density at radius 1 is 1.22 bits per heavy atom. The summed E-state index contributed by atoms with van der Waals surface area (Å²) in [7, 11) is 0. The van der Waals surface area contributed by atoms with E-state index in [0.29, 0.717) is 17.9 Å². The molecule has 4 rings (SSSR count). The summed E-state index contributed by atoms with van der Waals surface area (Å²) in [6.07, 6.45) is 5.55. The van der Waals surface area contributed by atoms with E-state index in [4.69, 9.17) is 21.8 Å². The number of aromatic nitrogens is 1. The van der Waals surface area contributed by atoms with Crippen molar-refractivity contribution >= 4 is 11.6 Å². The van der Waals surface area contributed by atoms with Crippen LogP contribution in [0.15, 0.2) is 34.9 Å². The molecule has 1 aromatic carbocycles. The minimum Gasteiger partial charge on any atom is -0.444 e. The molecule has 0 radical (unpaired) electrons. The van der Waals surface area contributed by atoms with Crippen LogP contribution in [0.3, 0.4) is 0 Å². The third-order valence-corrected chi connectivity index (χ3v) is 5.51. The van der Waals surface area contributed by atoms with Gasteiger partial charge in [-0.2, -0.15) is 0 Å². The average Bonchev–Trinajstić information content (AvgIpc) is 3.16. The van der Waals surface area contributed by atoms with Gasteiger partial charge in [0.05, 0.1) is 5.69 Å². The molecule has 0 amide bonds. The van der Waals surface area contributed by atoms with Crippen molar-refractivity contribution in [2.75, 3.05) is 13.1 Å². The Hall–Kier alpha value is -1.36. The monoisotopic (exact) mass is 331 g/mol. The smallest absolute Gasteiger partial charge is 0.226 e. The molecule has 2 N–H and O–H groups in total. The standard InChI is InChI=1S/C18H22ClN3O/c19-14-6-4-12(5-7-14)18-21-15(11-23-18)9-22-8-13-2-1-3-17(20)16(13)10-22/h4-7,11,13,16-17H,1-3,8-10,20H2. The second kappa shape index (κ2) is 6.27. The Labute approximate surface area is 141 Å². The quantitative estimate of drug-likeness (QED) is 0.934. The summed E-state index contributed by atoms with van der Waals surface area (Å²) < 4.78 is 5.64. The van der Waals surface area contributed by atoms with E-state index in [-0.39, 0.29) is 0 Å². The lowest BCUT2D eigenvalue weighted by Gasteiger charge is -2.29. The lowest BCUT2D eigenvalue weighted by molar-refractivity contribution is 0.259. The number of likely N-dealkylation sites (tertiary alicyclic amines) is 1. The summed E-state index contributed by atoms with van der Waals surface area (Å²) in [4.78, 5) is 7.10. The lowest BCUT2D eigenvalue weighted by atomic mass is 9.78. The van der Waals surface area contributed by atoms with Gasteiger partial charge in [-0.05, 0) is 48.9 Å². The molecule has 122 valence electrons. The summed E-state index contributed by atoms with van der Waals surface area (Å²) in [6.45, 7) is 3.08. The second-order valence-corrected chi connectivity index (χ2v) is 7.30. The normalized spacial score (nSPS) is 28.0. The van der Waals surface area contributed by atoms with E-state index in [2.05, 4.69) is 9.88 Å². The van der Waals surface area contributed by atoms with Crippen molar-refractivity contribution < 1.29 is 4.42 Å². The van der Waals surface area contributed by atoms with Gasteiger partial charge < -0.3 is 10.2 Å². The van der Waals surface area contributed by atoms with Crippen LogP contribution >= 0.6 is 11.6 Å². The molecule has 4 nitrogen and oxygen atoms in total. The average molecular weight is 332 g/mol. The number of hydrogen-bond acceptors (Lipinski definition) is 4. The molecule has 2 heterocycles. The van der Waals surface area contributed by atoms with E-state index in [0.717, 1.165) is 41.8 Å². The number of nitrogens with two attached hydrogens (primary N) is 1. The molecule has 2 aliphatic rings. The van der Waals surface area contributed by atoms with E-state index < -0.39 is 0 Å². The number of benzene rings is 1. The third-order valence-electron chi connectivity index (χ3n) is 5.26. The second-order valence-electron chi connectivity index (χ2n) is 6.86. The molecule has 1 aliphatic heterocycles. The zero-order valence-electron chi connectivity index (χ0n) is 13.1. The summed E-state index contributed by atoms with van der Waals surface area (Å²) >= 11 is 5.92. The molecule has 1 aromatic heterocycles. The fraction of sp³-hybridized carbons (Fsp3) is 0.500. The first kappa shape index (κ1) is 15.2. The van der Waals surface area contributed by atoms with Gasteiger partial charge in [-0.25, -0.2) is 4.98 Å². The molecule has 23 heavy (non-hydrogen) atoms. The molecule has 0 bridgehead atoms. The van der Waals surface area contributed by atoms with Crippen LogP contribution in [0.4, 0.5) is 0 Å². The van der Waals surface area contributed by atoms with Gasteiger partial charge in [0.2, 0.25) is 5.89 Å². The first-order valence-corrected chi connectivity index (χ1v) is 8.75. The predicted molar refractivity (Wildman–Crippen MR) is 91.0 cm³/mol. The van der Waals surface area contributed by atoms with E-state index in [1.54, 1.807) is 6.26 Å². The van der Waals surface area contributed by atoms with Crippen molar-refractivity contribution in [2.45, 2.75) is 31.8 Å². The lowest BCUT2D eigenvalue weighted by Crippen LogP contribution is -2.38. The zero-order chi connectivity index (χ0) is 15.8. The van der Waals surface area contributed by atoms with Crippen LogP contribution in [0.1, 0.15) is 25.0 Å². The minimum absolute atomic E-state index is 0.376. The van der Waals surface area contributed by atoms with Crippen molar-refractivity contribution in [1.82, 2.24) is 9.88 Å². The summed E-state index contributed by atoms with van der Waals surface area (Å²) in [5, 5.41) is 0.719. The van der Waals surface area contributed by atoms with Crippen molar-refractivity contribution in [3.8, 4) is 11.5 Å². The molecular formula is C18H22ClN3O. The van der Waals surface area contributed by atoms with Crippen LogP contribution in [-0.4, -0.2) is 29.0 Å². The van der Waals surface area contributed by atoms with Gasteiger partial charge in [-0.15, -0.1) is 0 Å². The molecule has 3 atom stereocenters. The molecule has 2 aromatic rings. The molecular weight excluding hydrogens is 310 g/mol. The maximum Gasteiger partial charge on any atom is 0.226 e. The van der Waals surface area contributed by atoms with Gasteiger partial charge in [0, 0.05) is 36.3 Å². The topological polar surface area (TPSA) is 55.3 Å². The number of fused-ring (bicyclic) bond motifs is 1. The van der Waals surface area contributed by atoms with E-state index in [9.17, 15) is 0 Å². The van der Waals surface area contributed by atoms with Gasteiger partial charge in [0.15, 0.2) is 0 Å². The Morgan fingerprint density at radius 2 is 2.04 bits per heavy atom. The summed E-state index contributed by atoms with van der Waals surface area (Å²) in [6, 6.07) is 7.95. The highest BCUT2D eigenvalue weighted by Gasteiger charge is 2.38. The number of oxazole rings is 1. The van der Waals surface area contributed by atoms with Crippen molar-refractivity contribution in [2.24, 2.45) is 17.6 Å². The zero-order valence-corrected chi connectivity index (χ0v) is 13.9. The van der Waals surface area contributed by atoms with E-state index in [1.807, 2.05) is 24.3 Å². The first-order valence-electron chi connectivity index (χ1n) is 8.37. The van der Waals surface area contributed by atoms with E-state index >= 15 is 0 Å². The fourth-order valence-electron chi connectivity index (χ4n) is 4.07. The fourth-order valence-corrected chi connectivity index (χ4v) is 4.20. The molecule has 1 aliphatic carbocycles. The Bertz CT molecular complexity index is 669. The van der Waals surface area contributed by atoms with Crippen molar-refractivity contribution in [1.29, 1.82) is 0 Å². The molecule has 0 spiro atoms. The van der Waals surface area contributed by atoms with Gasteiger partial charge in [0.25, 0.3) is 0 Å². The Balaban J connectivity index is 1.43. The number of nitrogens with zero attached hydrogens (tertiary/aromatic N) is 2. The predicted octanol–water partition coefficient (Wildman–Crippen LogP) is 3.55. The Kier molecular flexibility index (Phi) is 4.14. The van der Waals surface area contributed by atoms with Crippen LogP contribution in [0.2, 0.25) is 5.02 Å². The highest BCUT2D eigenvalue weighted by molar-refractivity contribution is 6.30. The number of halogens is 1. The SMILES string of the molecule is NC1CCCC2CN(Cc3coc(-c4ccc(Cl)cc4)n3)CC12. The van der Waals surface area contributed by atoms with Crippen molar-refractivity contribution in [3.05, 3.63) is 41.2 Å². The third kappa shape index (κ3) is 3.16. The molecule has 3 unspecified atom stereocenters. The number of hydrogen-bond donors (Lipinski definition) is 1. The van der Waals surface area contributed by atoms with Crippen LogP contribution in [0, 0.1) is 11.8 Å². The van der Waals surface area contributed by atoms with Crippen LogP contribution in [0.5, 0.6) is 0 Å². The van der Waals surface area contributed by atoms with Crippen LogP contribution in [0.25, 0.3) is 11.5 Å².